The number of amides is 1. The van der Waals surface area contributed by atoms with E-state index in [-0.39, 0.29) is 29.2 Å². The first-order valence-corrected chi connectivity index (χ1v) is 11.7. The molecule has 0 aliphatic heterocycles. The lowest BCUT2D eigenvalue weighted by Gasteiger charge is -2.12. The number of rotatable bonds is 7. The van der Waals surface area contributed by atoms with E-state index in [1.165, 1.54) is 20.8 Å². The van der Waals surface area contributed by atoms with Crippen LogP contribution in [0.1, 0.15) is 23.3 Å². The lowest BCUT2D eigenvalue weighted by Crippen LogP contribution is -2.24. The number of carbonyl (C=O) groups excluding carboxylic acids is 1. The van der Waals surface area contributed by atoms with E-state index >= 15 is 0 Å². The second kappa shape index (κ2) is 9.21. The fourth-order valence-corrected chi connectivity index (χ4v) is 5.77. The van der Waals surface area contributed by atoms with Gasteiger partial charge in [-0.2, -0.15) is 0 Å². The summed E-state index contributed by atoms with van der Waals surface area (Å²) in [6.45, 7) is 3.95. The Morgan fingerprint density at radius 3 is 2.94 bits per heavy atom. The van der Waals surface area contributed by atoms with Gasteiger partial charge >= 0.3 is 0 Å². The van der Waals surface area contributed by atoms with Crippen LogP contribution in [0.2, 0.25) is 0 Å². The van der Waals surface area contributed by atoms with Gasteiger partial charge in [0.25, 0.3) is 11.2 Å². The number of thiophene rings is 1. The summed E-state index contributed by atoms with van der Waals surface area (Å²) < 4.78 is 15.4. The average Bonchev–Trinajstić information content (AvgIpc) is 3.14. The molecule has 1 aliphatic carbocycles. The number of carbonyl (C=O) groups is 1. The lowest BCUT2D eigenvalue weighted by molar-refractivity contribution is -0.384. The summed E-state index contributed by atoms with van der Waals surface area (Å²) in [5.41, 5.74) is 0.328. The van der Waals surface area contributed by atoms with Crippen LogP contribution in [0, 0.1) is 15.9 Å². The third-order valence-electron chi connectivity index (χ3n) is 5.12. The molecule has 1 aromatic carbocycles. The number of nitro groups is 1. The Balaban J connectivity index is 1.59. The molecule has 1 amide bonds. The predicted octanol–water partition coefficient (Wildman–Crippen LogP) is 4.30. The third kappa shape index (κ3) is 4.30. The fourth-order valence-electron chi connectivity index (χ4n) is 3.66. The Labute approximate surface area is 190 Å². The molecule has 1 aliphatic rings. The van der Waals surface area contributed by atoms with Crippen LogP contribution in [0.4, 0.5) is 15.8 Å². The molecule has 1 N–H and O–H groups in total. The number of nitrogens with zero attached hydrogens (tertiary/aromatic N) is 3. The number of allylic oxidation sites excluding steroid dienone is 1. The molecule has 11 heteroatoms. The normalized spacial score (nSPS) is 13.0. The number of non-ortho nitro benzene ring substituents is 1. The zero-order valence-electron chi connectivity index (χ0n) is 16.9. The monoisotopic (exact) mass is 474 g/mol. The average molecular weight is 475 g/mol. The van der Waals surface area contributed by atoms with Gasteiger partial charge in [-0.15, -0.1) is 17.9 Å². The molecule has 0 spiro atoms. The highest BCUT2D eigenvalue weighted by molar-refractivity contribution is 7.99. The number of aryl methyl sites for hydroxylation is 2. The topological polar surface area (TPSA) is 107 Å². The van der Waals surface area contributed by atoms with E-state index in [2.05, 4.69) is 16.9 Å². The van der Waals surface area contributed by atoms with E-state index in [1.807, 2.05) is 0 Å². The molecule has 0 saturated carbocycles. The van der Waals surface area contributed by atoms with Crippen molar-refractivity contribution in [1.29, 1.82) is 0 Å². The minimum Gasteiger partial charge on any atom is -0.323 e. The van der Waals surface area contributed by atoms with Crippen LogP contribution < -0.4 is 10.9 Å². The maximum Gasteiger partial charge on any atom is 0.271 e. The third-order valence-corrected chi connectivity index (χ3v) is 7.28. The quantitative estimate of drug-likeness (QED) is 0.180. The van der Waals surface area contributed by atoms with E-state index in [0.717, 1.165) is 61.2 Å². The van der Waals surface area contributed by atoms with Crippen molar-refractivity contribution in [2.75, 3.05) is 11.1 Å². The number of hydrogen-bond donors (Lipinski definition) is 1. The molecule has 8 nitrogen and oxygen atoms in total. The van der Waals surface area contributed by atoms with Crippen LogP contribution in [0.25, 0.3) is 10.2 Å². The molecule has 4 rings (SSSR count). The molecule has 0 fully saturated rings. The standard InChI is InChI=1S/C21H19FN4O4S2/c1-2-9-25-20(28)18-13-5-3-4-6-16(13)32-19(18)24-21(25)31-11-17(27)23-15-10-12(26(29)30)7-8-14(15)22/h2,7-8,10H,1,3-6,9,11H2,(H,23,27). The Hall–Kier alpha value is -3.05. The van der Waals surface area contributed by atoms with Crippen molar-refractivity contribution >= 4 is 50.6 Å². The van der Waals surface area contributed by atoms with Gasteiger partial charge in [0, 0.05) is 23.6 Å². The first-order chi connectivity index (χ1) is 15.4. The van der Waals surface area contributed by atoms with Crippen molar-refractivity contribution in [3.63, 3.8) is 0 Å². The number of benzene rings is 1. The van der Waals surface area contributed by atoms with Crippen LogP contribution in [0.5, 0.6) is 0 Å². The van der Waals surface area contributed by atoms with E-state index in [1.54, 1.807) is 6.08 Å². The largest absolute Gasteiger partial charge is 0.323 e. The number of nitro benzene ring substituents is 1. The van der Waals surface area contributed by atoms with Crippen LogP contribution in [-0.2, 0) is 24.2 Å². The summed E-state index contributed by atoms with van der Waals surface area (Å²) in [6.07, 6.45) is 5.54. The van der Waals surface area contributed by atoms with Gasteiger partial charge in [0.1, 0.15) is 10.6 Å². The van der Waals surface area contributed by atoms with Gasteiger partial charge in [0.15, 0.2) is 5.16 Å². The molecular weight excluding hydrogens is 455 g/mol. The van der Waals surface area contributed by atoms with Gasteiger partial charge < -0.3 is 5.32 Å². The predicted molar refractivity (Wildman–Crippen MR) is 123 cm³/mol. The summed E-state index contributed by atoms with van der Waals surface area (Å²) in [6, 6.07) is 2.91. The SMILES string of the molecule is C=CCn1c(SCC(=O)Nc2cc([N+](=O)[O-])ccc2F)nc2sc3c(c2c1=O)CCCC3. The first-order valence-electron chi connectivity index (χ1n) is 9.91. The maximum atomic E-state index is 13.9. The molecule has 3 aromatic rings. The summed E-state index contributed by atoms with van der Waals surface area (Å²) in [5.74, 6) is -1.50. The van der Waals surface area contributed by atoms with Crippen LogP contribution >= 0.6 is 23.1 Å². The summed E-state index contributed by atoms with van der Waals surface area (Å²) in [7, 11) is 0. The fraction of sp³-hybridized carbons (Fsp3) is 0.286. The zero-order valence-corrected chi connectivity index (χ0v) is 18.6. The number of fused-ring (bicyclic) bond motifs is 3. The first kappa shape index (κ1) is 22.2. The highest BCUT2D eigenvalue weighted by Gasteiger charge is 2.22. The van der Waals surface area contributed by atoms with Gasteiger partial charge in [0.2, 0.25) is 5.91 Å². The van der Waals surface area contributed by atoms with Crippen molar-refractivity contribution in [3.05, 3.63) is 67.6 Å². The van der Waals surface area contributed by atoms with Crippen LogP contribution in [0.15, 0.2) is 40.8 Å². The minimum atomic E-state index is -0.777. The second-order valence-electron chi connectivity index (χ2n) is 7.25. The van der Waals surface area contributed by atoms with Crippen molar-refractivity contribution < 1.29 is 14.1 Å². The maximum absolute atomic E-state index is 13.9. The molecule has 32 heavy (non-hydrogen) atoms. The van der Waals surface area contributed by atoms with Gasteiger partial charge in [-0.05, 0) is 37.3 Å². The van der Waals surface area contributed by atoms with E-state index in [9.17, 15) is 24.1 Å². The molecule has 0 radical (unpaired) electrons. The van der Waals surface area contributed by atoms with Crippen LogP contribution in [0.3, 0.4) is 0 Å². The van der Waals surface area contributed by atoms with Crippen molar-refractivity contribution in [1.82, 2.24) is 9.55 Å². The second-order valence-corrected chi connectivity index (χ2v) is 9.27. The van der Waals surface area contributed by atoms with Gasteiger partial charge in [-0.25, -0.2) is 9.37 Å². The van der Waals surface area contributed by atoms with Gasteiger partial charge in [0.05, 0.1) is 21.7 Å². The lowest BCUT2D eigenvalue weighted by atomic mass is 9.97. The van der Waals surface area contributed by atoms with E-state index < -0.39 is 16.6 Å². The van der Waals surface area contributed by atoms with Crippen molar-refractivity contribution in [2.45, 2.75) is 37.4 Å². The van der Waals surface area contributed by atoms with Gasteiger partial charge in [-0.1, -0.05) is 17.8 Å². The minimum absolute atomic E-state index is 0.150. The number of anilines is 1. The molecule has 0 atom stereocenters. The van der Waals surface area contributed by atoms with Crippen LogP contribution in [-0.4, -0.2) is 26.1 Å². The zero-order chi connectivity index (χ0) is 22.8. The Morgan fingerprint density at radius 2 is 2.19 bits per heavy atom. The smallest absolute Gasteiger partial charge is 0.271 e. The summed E-state index contributed by atoms with van der Waals surface area (Å²) >= 11 is 2.57. The van der Waals surface area contributed by atoms with Gasteiger partial charge in [-0.3, -0.25) is 24.3 Å². The summed E-state index contributed by atoms with van der Waals surface area (Å²) in [5, 5.41) is 14.3. The van der Waals surface area contributed by atoms with E-state index in [4.69, 9.17) is 0 Å². The van der Waals surface area contributed by atoms with E-state index in [0.29, 0.717) is 15.4 Å². The number of halogens is 1. The Bertz CT molecular complexity index is 1300. The Kier molecular flexibility index (Phi) is 6.38. The number of aromatic nitrogens is 2. The molecule has 2 heterocycles. The highest BCUT2D eigenvalue weighted by atomic mass is 32.2. The number of thioether (sulfide) groups is 1. The molecule has 0 bridgehead atoms. The molecular formula is C21H19FN4O4S2. The summed E-state index contributed by atoms with van der Waals surface area (Å²) in [4.78, 5) is 42.3. The molecule has 0 unspecified atom stereocenters. The molecule has 166 valence electrons. The Morgan fingerprint density at radius 1 is 1.41 bits per heavy atom. The highest BCUT2D eigenvalue weighted by Crippen LogP contribution is 2.34. The molecule has 2 aromatic heterocycles. The molecule has 0 saturated heterocycles. The number of hydrogen-bond acceptors (Lipinski definition) is 7. The van der Waals surface area contributed by atoms with Crippen molar-refractivity contribution in [3.8, 4) is 0 Å². The number of nitrogens with one attached hydrogen (secondary N) is 1. The van der Waals surface area contributed by atoms with Crippen molar-refractivity contribution in [2.24, 2.45) is 0 Å².